The number of aromatic nitrogens is 2. The lowest BCUT2D eigenvalue weighted by Crippen LogP contribution is -2.11. The molecule has 0 aliphatic heterocycles. The highest BCUT2D eigenvalue weighted by molar-refractivity contribution is 6.17. The molecule has 0 radical (unpaired) electrons. The van der Waals surface area contributed by atoms with Crippen LogP contribution >= 0.6 is 11.6 Å². The van der Waals surface area contributed by atoms with E-state index < -0.39 is 0 Å². The molecule has 0 bridgehead atoms. The third kappa shape index (κ3) is 2.89. The summed E-state index contributed by atoms with van der Waals surface area (Å²) in [6, 6.07) is 6.70. The van der Waals surface area contributed by atoms with Crippen LogP contribution in [0.25, 0.3) is 11.0 Å². The number of para-hydroxylation sites is 1. The standard InChI is InChI=1S/C17H23ClN2O/c1-11(2)21-15-6-4-5-14-17(15)19-16(9-10-18)20(14)12(3)13-7-8-13/h4-6,11-13H,7-10H2,1-3H3. The van der Waals surface area contributed by atoms with Gasteiger partial charge < -0.3 is 9.30 Å². The second kappa shape index (κ2) is 5.88. The third-order valence-corrected chi connectivity index (χ3v) is 4.34. The molecule has 1 aromatic heterocycles. The number of rotatable bonds is 6. The molecule has 21 heavy (non-hydrogen) atoms. The number of hydrogen-bond acceptors (Lipinski definition) is 2. The molecule has 1 fully saturated rings. The maximum absolute atomic E-state index is 5.98. The van der Waals surface area contributed by atoms with Gasteiger partial charge in [0, 0.05) is 18.3 Å². The van der Waals surface area contributed by atoms with Crippen LogP contribution in [0.1, 0.15) is 45.5 Å². The molecule has 0 saturated heterocycles. The van der Waals surface area contributed by atoms with Crippen LogP contribution in [0.15, 0.2) is 18.2 Å². The van der Waals surface area contributed by atoms with Gasteiger partial charge in [-0.25, -0.2) is 4.98 Å². The fraction of sp³-hybridized carbons (Fsp3) is 0.588. The highest BCUT2D eigenvalue weighted by Crippen LogP contribution is 2.42. The van der Waals surface area contributed by atoms with Crippen molar-refractivity contribution < 1.29 is 4.74 Å². The Morgan fingerprint density at radius 1 is 1.33 bits per heavy atom. The number of alkyl halides is 1. The van der Waals surface area contributed by atoms with Gasteiger partial charge in [-0.1, -0.05) is 6.07 Å². The van der Waals surface area contributed by atoms with Crippen LogP contribution in [0.2, 0.25) is 0 Å². The summed E-state index contributed by atoms with van der Waals surface area (Å²) in [6.45, 7) is 6.39. The molecule has 0 N–H and O–H groups in total. The highest BCUT2D eigenvalue weighted by atomic mass is 35.5. The van der Waals surface area contributed by atoms with Crippen molar-refractivity contribution in [3.05, 3.63) is 24.0 Å². The summed E-state index contributed by atoms with van der Waals surface area (Å²) in [5.41, 5.74) is 2.14. The summed E-state index contributed by atoms with van der Waals surface area (Å²) < 4.78 is 8.30. The Hall–Kier alpha value is -1.22. The van der Waals surface area contributed by atoms with Crippen LogP contribution in [0.5, 0.6) is 5.75 Å². The molecular formula is C17H23ClN2O. The van der Waals surface area contributed by atoms with E-state index in [2.05, 4.69) is 23.6 Å². The molecule has 2 aromatic rings. The Labute approximate surface area is 131 Å². The molecular weight excluding hydrogens is 284 g/mol. The van der Waals surface area contributed by atoms with Gasteiger partial charge in [-0.2, -0.15) is 0 Å². The number of benzene rings is 1. The summed E-state index contributed by atoms with van der Waals surface area (Å²) in [4.78, 5) is 4.84. The highest BCUT2D eigenvalue weighted by Gasteiger charge is 2.31. The zero-order valence-electron chi connectivity index (χ0n) is 13.0. The lowest BCUT2D eigenvalue weighted by Gasteiger charge is -2.17. The predicted octanol–water partition coefficient (Wildman–Crippen LogP) is 4.58. The van der Waals surface area contributed by atoms with Crippen LogP contribution in [0.3, 0.4) is 0 Å². The molecule has 1 heterocycles. The fourth-order valence-electron chi connectivity index (χ4n) is 2.99. The average Bonchev–Trinajstić information content (AvgIpc) is 3.20. The fourth-order valence-corrected chi connectivity index (χ4v) is 3.16. The third-order valence-electron chi connectivity index (χ3n) is 4.15. The second-order valence-corrected chi connectivity index (χ2v) is 6.58. The number of aryl methyl sites for hydroxylation is 1. The quantitative estimate of drug-likeness (QED) is 0.731. The first-order valence-electron chi connectivity index (χ1n) is 7.84. The average molecular weight is 307 g/mol. The van der Waals surface area contributed by atoms with Crippen LogP contribution < -0.4 is 4.74 Å². The molecule has 1 aliphatic carbocycles. The minimum Gasteiger partial charge on any atom is -0.489 e. The maximum Gasteiger partial charge on any atom is 0.147 e. The number of halogens is 1. The Morgan fingerprint density at radius 3 is 2.71 bits per heavy atom. The van der Waals surface area contributed by atoms with E-state index in [0.717, 1.165) is 29.4 Å². The largest absolute Gasteiger partial charge is 0.489 e. The first-order valence-corrected chi connectivity index (χ1v) is 8.37. The molecule has 3 nitrogen and oxygen atoms in total. The summed E-state index contributed by atoms with van der Waals surface area (Å²) in [5, 5.41) is 0. The minimum absolute atomic E-state index is 0.151. The topological polar surface area (TPSA) is 27.1 Å². The molecule has 1 aromatic carbocycles. The molecule has 0 amide bonds. The number of imidazole rings is 1. The van der Waals surface area contributed by atoms with Crippen molar-refractivity contribution in [2.75, 3.05) is 5.88 Å². The molecule has 1 unspecified atom stereocenters. The number of fused-ring (bicyclic) bond motifs is 1. The molecule has 114 valence electrons. The van der Waals surface area contributed by atoms with Crippen LogP contribution in [0, 0.1) is 5.92 Å². The van der Waals surface area contributed by atoms with Crippen molar-refractivity contribution in [2.24, 2.45) is 5.92 Å². The SMILES string of the molecule is CC(C)Oc1cccc2c1nc(CCCl)n2C(C)C1CC1. The van der Waals surface area contributed by atoms with Crippen LogP contribution in [-0.2, 0) is 6.42 Å². The Bertz CT molecular complexity index is 631. The van der Waals surface area contributed by atoms with E-state index in [-0.39, 0.29) is 6.10 Å². The Morgan fingerprint density at radius 2 is 2.10 bits per heavy atom. The zero-order valence-corrected chi connectivity index (χ0v) is 13.7. The van der Waals surface area contributed by atoms with E-state index >= 15 is 0 Å². The van der Waals surface area contributed by atoms with Gasteiger partial charge in [-0.3, -0.25) is 0 Å². The van der Waals surface area contributed by atoms with E-state index in [4.69, 9.17) is 21.3 Å². The van der Waals surface area contributed by atoms with Gasteiger partial charge in [-0.05, 0) is 51.7 Å². The van der Waals surface area contributed by atoms with Gasteiger partial charge in [-0.15, -0.1) is 11.6 Å². The first-order chi connectivity index (χ1) is 10.1. The van der Waals surface area contributed by atoms with Gasteiger partial charge in [0.1, 0.15) is 17.1 Å². The minimum atomic E-state index is 0.151. The molecule has 3 rings (SSSR count). The molecule has 1 saturated carbocycles. The van der Waals surface area contributed by atoms with E-state index in [1.807, 2.05) is 19.9 Å². The lowest BCUT2D eigenvalue weighted by atomic mass is 10.2. The summed E-state index contributed by atoms with van der Waals surface area (Å²) in [6.07, 6.45) is 3.60. The summed E-state index contributed by atoms with van der Waals surface area (Å²) in [7, 11) is 0. The Balaban J connectivity index is 2.11. The molecule has 0 spiro atoms. The normalized spacial score (nSPS) is 16.6. The number of ether oxygens (including phenoxy) is 1. The molecule has 1 aliphatic rings. The van der Waals surface area contributed by atoms with Gasteiger partial charge in [0.05, 0.1) is 11.6 Å². The van der Waals surface area contributed by atoms with Crippen LogP contribution in [-0.4, -0.2) is 21.5 Å². The van der Waals surface area contributed by atoms with Crippen molar-refractivity contribution in [2.45, 2.75) is 52.2 Å². The van der Waals surface area contributed by atoms with E-state index in [9.17, 15) is 0 Å². The number of nitrogens with zero attached hydrogens (tertiary/aromatic N) is 2. The van der Waals surface area contributed by atoms with Crippen LogP contribution in [0.4, 0.5) is 0 Å². The monoisotopic (exact) mass is 306 g/mol. The maximum atomic E-state index is 5.98. The van der Waals surface area contributed by atoms with Gasteiger partial charge in [0.25, 0.3) is 0 Å². The van der Waals surface area contributed by atoms with Gasteiger partial charge >= 0.3 is 0 Å². The van der Waals surface area contributed by atoms with E-state index in [0.29, 0.717) is 11.9 Å². The lowest BCUT2D eigenvalue weighted by molar-refractivity contribution is 0.245. The first kappa shape index (κ1) is 14.7. The summed E-state index contributed by atoms with van der Waals surface area (Å²) >= 11 is 5.98. The van der Waals surface area contributed by atoms with Crippen molar-refractivity contribution in [1.82, 2.24) is 9.55 Å². The smallest absolute Gasteiger partial charge is 0.147 e. The van der Waals surface area contributed by atoms with E-state index in [1.54, 1.807) is 0 Å². The zero-order chi connectivity index (χ0) is 15.0. The molecule has 4 heteroatoms. The second-order valence-electron chi connectivity index (χ2n) is 6.21. The van der Waals surface area contributed by atoms with Gasteiger partial charge in [0.2, 0.25) is 0 Å². The number of hydrogen-bond donors (Lipinski definition) is 0. The Kier molecular flexibility index (Phi) is 4.12. The van der Waals surface area contributed by atoms with Crippen molar-refractivity contribution in [3.63, 3.8) is 0 Å². The van der Waals surface area contributed by atoms with Crippen molar-refractivity contribution in [1.29, 1.82) is 0 Å². The predicted molar refractivity (Wildman–Crippen MR) is 87.4 cm³/mol. The van der Waals surface area contributed by atoms with Gasteiger partial charge in [0.15, 0.2) is 0 Å². The molecule has 1 atom stereocenters. The summed E-state index contributed by atoms with van der Waals surface area (Å²) in [5.74, 6) is 3.34. The van der Waals surface area contributed by atoms with Crippen molar-refractivity contribution in [3.8, 4) is 5.75 Å². The van der Waals surface area contributed by atoms with Crippen molar-refractivity contribution >= 4 is 22.6 Å². The van der Waals surface area contributed by atoms with E-state index in [1.165, 1.54) is 18.4 Å².